The van der Waals surface area contributed by atoms with Crippen LogP contribution in [0.25, 0.3) is 0 Å². The van der Waals surface area contributed by atoms with Gasteiger partial charge in [0.15, 0.2) is 0 Å². The Morgan fingerprint density at radius 1 is 1.60 bits per heavy atom. The second kappa shape index (κ2) is 6.91. The van der Waals surface area contributed by atoms with Crippen molar-refractivity contribution in [3.05, 3.63) is 36.7 Å². The molecule has 0 saturated heterocycles. The molecule has 0 unspecified atom stereocenters. The van der Waals surface area contributed by atoms with E-state index >= 15 is 0 Å². The molecule has 1 aromatic rings. The Hall–Kier alpha value is -2.08. The maximum atomic E-state index is 11.8. The summed E-state index contributed by atoms with van der Waals surface area (Å²) >= 11 is 0. The van der Waals surface area contributed by atoms with Crippen molar-refractivity contribution in [3.8, 4) is 0 Å². The summed E-state index contributed by atoms with van der Waals surface area (Å²) in [5.41, 5.74) is 3.49. The molecule has 0 bridgehead atoms. The fourth-order valence-corrected chi connectivity index (χ4v) is 1.56. The fourth-order valence-electron chi connectivity index (χ4n) is 1.56. The summed E-state index contributed by atoms with van der Waals surface area (Å²) < 4.78 is 5.40. The quantitative estimate of drug-likeness (QED) is 0.437. The lowest BCUT2D eigenvalue weighted by Crippen LogP contribution is -2.41. The third-order valence-electron chi connectivity index (χ3n) is 2.38. The molecule has 1 heterocycles. The molecule has 0 radical (unpaired) electrons. The minimum absolute atomic E-state index is 0.357. The van der Waals surface area contributed by atoms with Crippen LogP contribution in [0.3, 0.4) is 0 Å². The molecule has 0 aliphatic rings. The Balaban J connectivity index is 2.82. The first kappa shape index (κ1) is 16.0. The highest BCUT2D eigenvalue weighted by Gasteiger charge is 2.20. The molecule has 110 valence electrons. The van der Waals surface area contributed by atoms with Gasteiger partial charge in [-0.3, -0.25) is 10.8 Å². The number of nitrogens with zero attached hydrogens (tertiary/aromatic N) is 1. The van der Waals surface area contributed by atoms with Gasteiger partial charge in [0.1, 0.15) is 6.10 Å². The van der Waals surface area contributed by atoms with E-state index in [1.165, 1.54) is 0 Å². The zero-order chi connectivity index (χ0) is 15.2. The highest BCUT2D eigenvalue weighted by Crippen LogP contribution is 2.22. The topological polar surface area (TPSA) is 89.3 Å². The van der Waals surface area contributed by atoms with E-state index in [1.54, 1.807) is 24.4 Å². The van der Waals surface area contributed by atoms with E-state index in [-0.39, 0.29) is 5.54 Å². The molecule has 0 saturated carbocycles. The highest BCUT2D eigenvalue weighted by atomic mass is 16.6. The number of hydrogen-bond donors (Lipinski definition) is 3. The van der Waals surface area contributed by atoms with Gasteiger partial charge in [-0.05, 0) is 32.9 Å². The number of carbonyl (C=O) groups is 1. The molecule has 6 nitrogen and oxygen atoms in total. The first-order chi connectivity index (χ1) is 9.35. The molecule has 0 spiro atoms. The highest BCUT2D eigenvalue weighted by molar-refractivity contribution is 5.68. The van der Waals surface area contributed by atoms with Crippen molar-refractivity contribution in [1.82, 2.24) is 10.3 Å². The molecule has 0 aromatic carbocycles. The van der Waals surface area contributed by atoms with Gasteiger partial charge in [0.05, 0.1) is 11.4 Å². The van der Waals surface area contributed by atoms with Gasteiger partial charge in [0.2, 0.25) is 0 Å². The van der Waals surface area contributed by atoms with Crippen LogP contribution in [0.5, 0.6) is 0 Å². The van der Waals surface area contributed by atoms with Gasteiger partial charge in [0.25, 0.3) is 0 Å². The number of hydrogen-bond acceptors (Lipinski definition) is 5. The van der Waals surface area contributed by atoms with E-state index < -0.39 is 12.2 Å². The summed E-state index contributed by atoms with van der Waals surface area (Å²) in [6.07, 6.45) is 2.77. The van der Waals surface area contributed by atoms with E-state index in [9.17, 15) is 4.79 Å². The van der Waals surface area contributed by atoms with Crippen LogP contribution < -0.4 is 16.6 Å². The molecule has 1 atom stereocenters. The van der Waals surface area contributed by atoms with E-state index in [2.05, 4.69) is 22.3 Å². The number of aromatic nitrogens is 1. The van der Waals surface area contributed by atoms with Crippen LogP contribution in [-0.2, 0) is 4.74 Å². The maximum Gasteiger partial charge on any atom is 0.408 e. The number of amides is 1. The lowest BCUT2D eigenvalue weighted by molar-refractivity contribution is 0.0903. The normalized spacial score (nSPS) is 12.4. The Kier molecular flexibility index (Phi) is 5.52. The number of carbonyl (C=O) groups excluding carboxylic acids is 1. The van der Waals surface area contributed by atoms with Crippen molar-refractivity contribution in [2.24, 2.45) is 5.84 Å². The van der Waals surface area contributed by atoms with Crippen LogP contribution in [0.2, 0.25) is 0 Å². The van der Waals surface area contributed by atoms with Crippen LogP contribution >= 0.6 is 0 Å². The predicted molar refractivity (Wildman–Crippen MR) is 79.0 cm³/mol. The first-order valence-electron chi connectivity index (χ1n) is 6.38. The Labute approximate surface area is 119 Å². The second-order valence-corrected chi connectivity index (χ2v) is 5.41. The summed E-state index contributed by atoms with van der Waals surface area (Å²) in [6.45, 7) is 9.32. The molecular weight excluding hydrogens is 256 g/mol. The molecule has 0 fully saturated rings. The zero-order valence-corrected chi connectivity index (χ0v) is 12.1. The minimum Gasteiger partial charge on any atom is -0.439 e. The van der Waals surface area contributed by atoms with Gasteiger partial charge in [-0.2, -0.15) is 0 Å². The van der Waals surface area contributed by atoms with Gasteiger partial charge in [-0.25, -0.2) is 4.79 Å². The fraction of sp³-hybridized carbons (Fsp3) is 0.429. The summed E-state index contributed by atoms with van der Waals surface area (Å²) in [5, 5.41) is 2.74. The van der Waals surface area contributed by atoms with Crippen molar-refractivity contribution in [1.29, 1.82) is 0 Å². The number of nitrogens with two attached hydrogens (primary N) is 1. The van der Waals surface area contributed by atoms with E-state index in [1.807, 2.05) is 20.8 Å². The van der Waals surface area contributed by atoms with Crippen LogP contribution in [-0.4, -0.2) is 16.6 Å². The number of rotatable bonds is 5. The van der Waals surface area contributed by atoms with Crippen LogP contribution in [0.1, 0.15) is 39.0 Å². The summed E-state index contributed by atoms with van der Waals surface area (Å²) in [5.74, 6) is 5.36. The maximum absolute atomic E-state index is 11.8. The van der Waals surface area contributed by atoms with Gasteiger partial charge in [-0.1, -0.05) is 6.08 Å². The summed E-state index contributed by atoms with van der Waals surface area (Å²) in [7, 11) is 0. The molecule has 1 rings (SSSR count). The molecule has 0 aliphatic heterocycles. The van der Waals surface area contributed by atoms with Gasteiger partial charge in [-0.15, -0.1) is 6.58 Å². The Bertz CT molecular complexity index is 468. The number of nitrogen functional groups attached to an aromatic ring is 1. The van der Waals surface area contributed by atoms with Crippen molar-refractivity contribution >= 4 is 11.8 Å². The third-order valence-corrected chi connectivity index (χ3v) is 2.38. The molecule has 1 amide bonds. The molecular formula is C14H22N4O2. The second-order valence-electron chi connectivity index (χ2n) is 5.41. The lowest BCUT2D eigenvalue weighted by atomic mass is 10.1. The SMILES string of the molecule is C=CC[C@H](OC(=O)NC(C)(C)C)c1cc(NN)ccn1. The largest absolute Gasteiger partial charge is 0.439 e. The van der Waals surface area contributed by atoms with E-state index in [4.69, 9.17) is 10.6 Å². The van der Waals surface area contributed by atoms with Crippen LogP contribution in [0, 0.1) is 0 Å². The average Bonchev–Trinajstić information content (AvgIpc) is 2.36. The average molecular weight is 278 g/mol. The number of alkyl carbamates (subject to hydrolysis) is 1. The van der Waals surface area contributed by atoms with Crippen molar-refractivity contribution in [2.45, 2.75) is 38.8 Å². The smallest absolute Gasteiger partial charge is 0.408 e. The van der Waals surface area contributed by atoms with Gasteiger partial charge in [0, 0.05) is 18.2 Å². The van der Waals surface area contributed by atoms with Gasteiger partial charge < -0.3 is 15.5 Å². The van der Waals surface area contributed by atoms with Crippen LogP contribution in [0.15, 0.2) is 31.0 Å². The number of hydrazine groups is 1. The molecule has 0 aliphatic carbocycles. The van der Waals surface area contributed by atoms with Crippen LogP contribution in [0.4, 0.5) is 10.5 Å². The first-order valence-corrected chi connectivity index (χ1v) is 6.38. The van der Waals surface area contributed by atoms with Gasteiger partial charge >= 0.3 is 6.09 Å². The standard InChI is InChI=1S/C14H22N4O2/c1-5-6-12(20-13(19)17-14(2,3)4)11-9-10(18-15)7-8-16-11/h5,7-9,12H,1,6,15H2,2-4H3,(H,16,18)(H,17,19)/t12-/m0/s1. The molecule has 6 heteroatoms. The number of anilines is 1. The molecule has 1 aromatic heterocycles. The number of nitrogens with one attached hydrogen (secondary N) is 2. The summed E-state index contributed by atoms with van der Waals surface area (Å²) in [6, 6.07) is 3.46. The monoisotopic (exact) mass is 278 g/mol. The zero-order valence-electron chi connectivity index (χ0n) is 12.1. The number of pyridine rings is 1. The van der Waals surface area contributed by atoms with Crippen molar-refractivity contribution < 1.29 is 9.53 Å². The van der Waals surface area contributed by atoms with E-state index in [0.717, 1.165) is 0 Å². The molecule has 20 heavy (non-hydrogen) atoms. The van der Waals surface area contributed by atoms with E-state index in [0.29, 0.717) is 17.8 Å². The predicted octanol–water partition coefficient (Wildman–Crippen LogP) is 2.51. The van der Waals surface area contributed by atoms with Crippen molar-refractivity contribution in [2.75, 3.05) is 5.43 Å². The lowest BCUT2D eigenvalue weighted by Gasteiger charge is -2.23. The molecule has 4 N–H and O–H groups in total. The van der Waals surface area contributed by atoms with Crippen molar-refractivity contribution in [3.63, 3.8) is 0 Å². The summed E-state index contributed by atoms with van der Waals surface area (Å²) in [4.78, 5) is 16.0. The Morgan fingerprint density at radius 2 is 2.30 bits per heavy atom. The number of ether oxygens (including phenoxy) is 1. The minimum atomic E-state index is -0.497. The Morgan fingerprint density at radius 3 is 2.85 bits per heavy atom. The third kappa shape index (κ3) is 5.27.